The summed E-state index contributed by atoms with van der Waals surface area (Å²) in [5.41, 5.74) is 0. The van der Waals surface area contributed by atoms with E-state index in [1.165, 1.54) is 0 Å². The van der Waals surface area contributed by atoms with Gasteiger partial charge in [0.2, 0.25) is 0 Å². The van der Waals surface area contributed by atoms with Gasteiger partial charge in [-0.3, -0.25) is 0 Å². The van der Waals surface area contributed by atoms with Crippen LogP contribution in [-0.4, -0.2) is 4.86 Å². The second-order valence-electron chi connectivity index (χ2n) is 1.73. The number of rotatable bonds is 0. The number of hydrogen-bond acceptors (Lipinski definition) is 1. The predicted octanol–water partition coefficient (Wildman–Crippen LogP) is 3.01. The van der Waals surface area contributed by atoms with Crippen LogP contribution in [0.3, 0.4) is 0 Å². The Bertz CT molecular complexity index is 203. The SMILES string of the molecule is S=C1C=CC(Cl)=C(Cl)C1. The van der Waals surface area contributed by atoms with E-state index in [0.29, 0.717) is 16.5 Å². The highest BCUT2D eigenvalue weighted by molar-refractivity contribution is 7.80. The molecule has 0 nitrogen and oxygen atoms in total. The van der Waals surface area contributed by atoms with Gasteiger partial charge in [-0.15, -0.1) is 0 Å². The van der Waals surface area contributed by atoms with Crippen molar-refractivity contribution >= 4 is 40.3 Å². The molecule has 0 spiro atoms. The first-order valence-corrected chi connectivity index (χ1v) is 3.61. The molecule has 0 radical (unpaired) electrons. The van der Waals surface area contributed by atoms with Gasteiger partial charge in [-0.2, -0.15) is 0 Å². The molecular weight excluding hydrogens is 175 g/mol. The molecule has 48 valence electrons. The van der Waals surface area contributed by atoms with Crippen molar-refractivity contribution < 1.29 is 0 Å². The normalized spacial score (nSPS) is 19.1. The third-order valence-electron chi connectivity index (χ3n) is 1.00. The number of thiocarbonyl (C=S) groups is 1. The second-order valence-corrected chi connectivity index (χ2v) is 3.12. The molecule has 1 aliphatic rings. The summed E-state index contributed by atoms with van der Waals surface area (Å²) in [6, 6.07) is 0. The lowest BCUT2D eigenvalue weighted by atomic mass is 10.2. The first-order chi connectivity index (χ1) is 4.20. The van der Waals surface area contributed by atoms with Crippen molar-refractivity contribution in [2.45, 2.75) is 6.42 Å². The fourth-order valence-electron chi connectivity index (χ4n) is 0.553. The molecule has 0 atom stereocenters. The second kappa shape index (κ2) is 2.82. The fourth-order valence-corrected chi connectivity index (χ4v) is 1.18. The van der Waals surface area contributed by atoms with Gasteiger partial charge in [-0.05, 0) is 12.2 Å². The van der Waals surface area contributed by atoms with Gasteiger partial charge in [0, 0.05) is 16.3 Å². The molecule has 0 saturated heterocycles. The van der Waals surface area contributed by atoms with E-state index in [1.54, 1.807) is 12.2 Å². The van der Waals surface area contributed by atoms with Crippen molar-refractivity contribution in [2.24, 2.45) is 0 Å². The van der Waals surface area contributed by atoms with Gasteiger partial charge in [0.1, 0.15) is 0 Å². The van der Waals surface area contributed by atoms with E-state index in [0.717, 1.165) is 4.86 Å². The van der Waals surface area contributed by atoms with Gasteiger partial charge in [-0.1, -0.05) is 35.4 Å². The summed E-state index contributed by atoms with van der Waals surface area (Å²) in [5.74, 6) is 0. The Kier molecular flexibility index (Phi) is 2.28. The smallest absolute Gasteiger partial charge is 0.0555 e. The van der Waals surface area contributed by atoms with Crippen molar-refractivity contribution in [3.63, 3.8) is 0 Å². The van der Waals surface area contributed by atoms with Crippen molar-refractivity contribution in [2.75, 3.05) is 0 Å². The number of halogens is 2. The van der Waals surface area contributed by atoms with Crippen LogP contribution in [0.2, 0.25) is 0 Å². The Hall–Kier alpha value is 0.150. The maximum absolute atomic E-state index is 5.67. The largest absolute Gasteiger partial charge is 0.0871 e. The quantitative estimate of drug-likeness (QED) is 0.515. The van der Waals surface area contributed by atoms with Crippen LogP contribution in [-0.2, 0) is 0 Å². The van der Waals surface area contributed by atoms with Gasteiger partial charge in [-0.25, -0.2) is 0 Å². The zero-order valence-electron chi connectivity index (χ0n) is 4.53. The molecule has 1 rings (SSSR count). The van der Waals surface area contributed by atoms with Gasteiger partial charge in [0.05, 0.1) is 5.03 Å². The predicted molar refractivity (Wildman–Crippen MR) is 45.1 cm³/mol. The summed E-state index contributed by atoms with van der Waals surface area (Å²) in [6.07, 6.45) is 4.13. The number of allylic oxidation sites excluding steroid dienone is 4. The van der Waals surface area contributed by atoms with Gasteiger partial charge in [0.15, 0.2) is 0 Å². The summed E-state index contributed by atoms with van der Waals surface area (Å²) in [6.45, 7) is 0. The molecule has 0 bridgehead atoms. The standard InChI is InChI=1S/C6H4Cl2S/c7-5-2-1-4(9)3-6(5)8/h1-2H,3H2. The molecule has 3 heteroatoms. The summed E-state index contributed by atoms with van der Waals surface area (Å²) < 4.78 is 0. The minimum absolute atomic E-state index is 0.602. The van der Waals surface area contributed by atoms with Crippen molar-refractivity contribution in [3.05, 3.63) is 22.2 Å². The molecule has 0 amide bonds. The van der Waals surface area contributed by atoms with Crippen LogP contribution < -0.4 is 0 Å². The third-order valence-corrected chi connectivity index (χ3v) is 2.07. The minimum atomic E-state index is 0.602. The van der Waals surface area contributed by atoms with Crippen LogP contribution in [0.4, 0.5) is 0 Å². The fraction of sp³-hybridized carbons (Fsp3) is 0.167. The van der Waals surface area contributed by atoms with Crippen molar-refractivity contribution in [1.29, 1.82) is 0 Å². The monoisotopic (exact) mass is 178 g/mol. The van der Waals surface area contributed by atoms with E-state index >= 15 is 0 Å². The van der Waals surface area contributed by atoms with Crippen molar-refractivity contribution in [1.82, 2.24) is 0 Å². The highest BCUT2D eigenvalue weighted by atomic mass is 35.5. The first kappa shape index (κ1) is 7.26. The molecular formula is C6H4Cl2S. The lowest BCUT2D eigenvalue weighted by Gasteiger charge is -2.03. The molecule has 0 unspecified atom stereocenters. The lowest BCUT2D eigenvalue weighted by molar-refractivity contribution is 1.43. The Morgan fingerprint density at radius 1 is 1.33 bits per heavy atom. The van der Waals surface area contributed by atoms with Crippen LogP contribution in [0.25, 0.3) is 0 Å². The Labute approximate surface area is 69.1 Å². The van der Waals surface area contributed by atoms with Crippen molar-refractivity contribution in [3.8, 4) is 0 Å². The Morgan fingerprint density at radius 2 is 2.00 bits per heavy atom. The summed E-state index contributed by atoms with van der Waals surface area (Å²) in [4.78, 5) is 0.837. The molecule has 0 saturated carbocycles. The summed E-state index contributed by atoms with van der Waals surface area (Å²) in [5, 5.41) is 1.24. The van der Waals surface area contributed by atoms with E-state index in [1.807, 2.05) is 0 Å². The highest BCUT2D eigenvalue weighted by Gasteiger charge is 2.05. The molecule has 9 heavy (non-hydrogen) atoms. The average molecular weight is 179 g/mol. The zero-order valence-corrected chi connectivity index (χ0v) is 6.85. The van der Waals surface area contributed by atoms with Crippen LogP contribution in [0.15, 0.2) is 22.2 Å². The molecule has 0 aliphatic heterocycles. The minimum Gasteiger partial charge on any atom is -0.0871 e. The molecule has 0 N–H and O–H groups in total. The van der Waals surface area contributed by atoms with E-state index < -0.39 is 0 Å². The van der Waals surface area contributed by atoms with Gasteiger partial charge >= 0.3 is 0 Å². The molecule has 0 heterocycles. The van der Waals surface area contributed by atoms with E-state index in [4.69, 9.17) is 35.4 Å². The zero-order chi connectivity index (χ0) is 6.85. The van der Waals surface area contributed by atoms with E-state index in [-0.39, 0.29) is 0 Å². The Morgan fingerprint density at radius 3 is 2.44 bits per heavy atom. The van der Waals surface area contributed by atoms with Gasteiger partial charge in [0.25, 0.3) is 0 Å². The highest BCUT2D eigenvalue weighted by Crippen LogP contribution is 2.23. The van der Waals surface area contributed by atoms with Crippen LogP contribution in [0, 0.1) is 0 Å². The van der Waals surface area contributed by atoms with Gasteiger partial charge < -0.3 is 0 Å². The average Bonchev–Trinajstić information content (AvgIpc) is 1.80. The van der Waals surface area contributed by atoms with E-state index in [9.17, 15) is 0 Å². The summed E-state index contributed by atoms with van der Waals surface area (Å²) in [7, 11) is 0. The number of hydrogen-bond donors (Lipinski definition) is 0. The molecule has 1 aliphatic carbocycles. The van der Waals surface area contributed by atoms with E-state index in [2.05, 4.69) is 0 Å². The molecule has 0 fully saturated rings. The van der Waals surface area contributed by atoms with Crippen LogP contribution in [0.5, 0.6) is 0 Å². The summed E-state index contributed by atoms with van der Waals surface area (Å²) >= 11 is 16.2. The Balaban J connectivity index is 2.87. The third kappa shape index (κ3) is 1.78. The maximum Gasteiger partial charge on any atom is 0.0555 e. The topological polar surface area (TPSA) is 0 Å². The first-order valence-electron chi connectivity index (χ1n) is 2.45. The molecule has 0 aromatic carbocycles. The van der Waals surface area contributed by atoms with Crippen LogP contribution in [0.1, 0.15) is 6.42 Å². The van der Waals surface area contributed by atoms with Crippen LogP contribution >= 0.6 is 35.4 Å². The molecule has 0 aromatic heterocycles. The molecule has 0 aromatic rings. The maximum atomic E-state index is 5.67. The lowest BCUT2D eigenvalue weighted by Crippen LogP contribution is -1.94.